The van der Waals surface area contributed by atoms with Gasteiger partial charge in [0.2, 0.25) is 0 Å². The van der Waals surface area contributed by atoms with Crippen LogP contribution in [0.1, 0.15) is 63.5 Å². The Kier molecular flexibility index (Phi) is 5.49. The van der Waals surface area contributed by atoms with E-state index in [1.165, 1.54) is 0 Å². The van der Waals surface area contributed by atoms with E-state index in [9.17, 15) is 20.2 Å². The van der Waals surface area contributed by atoms with E-state index in [-0.39, 0.29) is 21.2 Å². The monoisotopic (exact) mass is 466 g/mol. The third-order valence-corrected chi connectivity index (χ3v) is 8.17. The fraction of sp³-hybridized carbons (Fsp3) is 0.538. The molecule has 4 bridgehead atoms. The molecule has 0 amide bonds. The Balaban J connectivity index is 1.68. The number of benzene rings is 2. The van der Waals surface area contributed by atoms with E-state index in [1.807, 2.05) is 38.1 Å². The van der Waals surface area contributed by atoms with Gasteiger partial charge in [-0.1, -0.05) is 24.3 Å². The van der Waals surface area contributed by atoms with E-state index < -0.39 is 10.8 Å². The lowest BCUT2D eigenvalue weighted by Crippen LogP contribution is -2.56. The van der Waals surface area contributed by atoms with Crippen LogP contribution in [0.15, 0.2) is 36.4 Å². The Labute approximate surface area is 198 Å². The number of nitrogens with zero attached hydrogens (tertiary/aromatic N) is 2. The molecule has 4 fully saturated rings. The van der Waals surface area contributed by atoms with Crippen molar-refractivity contribution in [2.45, 2.75) is 63.2 Å². The molecule has 0 heterocycles. The van der Waals surface area contributed by atoms with Crippen LogP contribution >= 0.6 is 0 Å². The van der Waals surface area contributed by atoms with Gasteiger partial charge in [-0.15, -0.1) is 0 Å². The summed E-state index contributed by atoms with van der Waals surface area (Å²) in [5, 5.41) is 24.5. The summed E-state index contributed by atoms with van der Waals surface area (Å²) in [5.41, 5.74) is 0.776. The predicted octanol–water partition coefficient (Wildman–Crippen LogP) is 6.09. The zero-order valence-corrected chi connectivity index (χ0v) is 19.6. The van der Waals surface area contributed by atoms with E-state index in [1.54, 1.807) is 12.1 Å². The van der Waals surface area contributed by atoms with Crippen molar-refractivity contribution in [3.8, 4) is 11.5 Å². The molecule has 2 aromatic carbocycles. The summed E-state index contributed by atoms with van der Waals surface area (Å²) >= 11 is 0. The van der Waals surface area contributed by atoms with Gasteiger partial charge in [-0.05, 0) is 76.3 Å². The number of nitro groups is 2. The summed E-state index contributed by atoms with van der Waals surface area (Å²) in [6, 6.07) is 10.8. The van der Waals surface area contributed by atoms with Gasteiger partial charge in [0.15, 0.2) is 11.5 Å². The van der Waals surface area contributed by atoms with Crippen molar-refractivity contribution in [1.29, 1.82) is 0 Å². The first-order valence-corrected chi connectivity index (χ1v) is 12.1. The molecule has 8 nitrogen and oxygen atoms in total. The zero-order valence-electron chi connectivity index (χ0n) is 19.6. The smallest absolute Gasteiger partial charge is 0.314 e. The summed E-state index contributed by atoms with van der Waals surface area (Å²) in [7, 11) is 0. The molecule has 8 heteroatoms. The van der Waals surface area contributed by atoms with Gasteiger partial charge >= 0.3 is 11.4 Å². The molecular formula is C26H30N2O6. The van der Waals surface area contributed by atoms with E-state index >= 15 is 0 Å². The highest BCUT2D eigenvalue weighted by Crippen LogP contribution is 2.68. The molecule has 2 aromatic rings. The van der Waals surface area contributed by atoms with E-state index in [4.69, 9.17) is 9.47 Å². The molecule has 6 rings (SSSR count). The Hall–Kier alpha value is -3.16. The lowest BCUT2D eigenvalue weighted by atomic mass is 9.41. The standard InChI is InChI=1S/C26H30N2O6/c1-3-33-21-9-5-7-19(23(21)27(29)30)25-12-17-11-18(13-25)15-26(14-17,16-25)20-8-6-10-22(34-4-2)24(20)28(31)32/h5-10,17-18H,3-4,11-16H2,1-2H3. The first-order valence-electron chi connectivity index (χ1n) is 12.1. The maximum atomic E-state index is 12.2. The summed E-state index contributed by atoms with van der Waals surface area (Å²) in [6.07, 6.45) is 5.25. The second kappa shape index (κ2) is 8.25. The van der Waals surface area contributed by atoms with Crippen LogP contribution in [0.4, 0.5) is 11.4 Å². The van der Waals surface area contributed by atoms with Crippen LogP contribution in [-0.2, 0) is 10.8 Å². The van der Waals surface area contributed by atoms with Crippen molar-refractivity contribution in [1.82, 2.24) is 0 Å². The summed E-state index contributed by atoms with van der Waals surface area (Å²) in [5.74, 6) is 1.37. The third-order valence-electron chi connectivity index (χ3n) is 8.17. The van der Waals surface area contributed by atoms with Crippen LogP contribution in [-0.4, -0.2) is 23.1 Å². The van der Waals surface area contributed by atoms with Crippen LogP contribution < -0.4 is 9.47 Å². The highest BCUT2D eigenvalue weighted by atomic mass is 16.6. The molecule has 0 unspecified atom stereocenters. The summed E-state index contributed by atoms with van der Waals surface area (Å²) in [4.78, 5) is 23.8. The number of rotatable bonds is 8. The van der Waals surface area contributed by atoms with Crippen molar-refractivity contribution in [2.75, 3.05) is 13.2 Å². The minimum atomic E-state index is -0.394. The van der Waals surface area contributed by atoms with Gasteiger partial charge in [-0.25, -0.2) is 0 Å². The number of hydrogen-bond donors (Lipinski definition) is 0. The van der Waals surface area contributed by atoms with Crippen LogP contribution in [0.3, 0.4) is 0 Å². The molecule has 0 saturated heterocycles. The molecule has 0 aliphatic heterocycles. The first kappa shape index (κ1) is 22.6. The van der Waals surface area contributed by atoms with Crippen molar-refractivity contribution in [3.63, 3.8) is 0 Å². The largest absolute Gasteiger partial charge is 0.487 e. The van der Waals surface area contributed by atoms with Gasteiger partial charge in [-0.2, -0.15) is 0 Å². The van der Waals surface area contributed by atoms with Crippen LogP contribution in [0.2, 0.25) is 0 Å². The molecule has 180 valence electrons. The molecule has 4 saturated carbocycles. The predicted molar refractivity (Wildman–Crippen MR) is 127 cm³/mol. The summed E-state index contributed by atoms with van der Waals surface area (Å²) < 4.78 is 11.3. The second-order valence-corrected chi connectivity index (χ2v) is 10.2. The topological polar surface area (TPSA) is 105 Å². The Morgan fingerprint density at radius 1 is 0.794 bits per heavy atom. The van der Waals surface area contributed by atoms with E-state index in [0.717, 1.165) is 43.2 Å². The van der Waals surface area contributed by atoms with Crippen molar-refractivity contribution in [2.24, 2.45) is 11.8 Å². The van der Waals surface area contributed by atoms with Gasteiger partial charge in [0, 0.05) is 22.0 Å². The quantitative estimate of drug-likeness (QED) is 0.344. The number of ether oxygens (including phenoxy) is 2. The second-order valence-electron chi connectivity index (χ2n) is 10.2. The van der Waals surface area contributed by atoms with E-state index in [0.29, 0.717) is 43.0 Å². The summed E-state index contributed by atoms with van der Waals surface area (Å²) in [6.45, 7) is 4.34. The maximum Gasteiger partial charge on any atom is 0.314 e. The van der Waals surface area contributed by atoms with Gasteiger partial charge in [-0.3, -0.25) is 20.2 Å². The Morgan fingerprint density at radius 3 is 1.56 bits per heavy atom. The van der Waals surface area contributed by atoms with Crippen molar-refractivity contribution in [3.05, 3.63) is 67.8 Å². The normalized spacial score (nSPS) is 29.1. The molecule has 0 aromatic heterocycles. The van der Waals surface area contributed by atoms with Crippen LogP contribution in [0.25, 0.3) is 0 Å². The lowest BCUT2D eigenvalue weighted by Gasteiger charge is -2.62. The van der Waals surface area contributed by atoms with Gasteiger partial charge < -0.3 is 9.47 Å². The zero-order chi connectivity index (χ0) is 24.1. The number of hydrogen-bond acceptors (Lipinski definition) is 6. The molecule has 34 heavy (non-hydrogen) atoms. The maximum absolute atomic E-state index is 12.2. The average molecular weight is 467 g/mol. The number of para-hydroxylation sites is 2. The van der Waals surface area contributed by atoms with Gasteiger partial charge in [0.25, 0.3) is 0 Å². The van der Waals surface area contributed by atoms with Crippen LogP contribution in [0.5, 0.6) is 11.5 Å². The minimum Gasteiger partial charge on any atom is -0.487 e. The third kappa shape index (κ3) is 3.42. The van der Waals surface area contributed by atoms with Gasteiger partial charge in [0.05, 0.1) is 23.1 Å². The molecule has 0 radical (unpaired) electrons. The average Bonchev–Trinajstić information content (AvgIpc) is 2.78. The lowest BCUT2D eigenvalue weighted by molar-refractivity contribution is -0.387. The fourth-order valence-corrected chi connectivity index (χ4v) is 7.71. The molecule has 4 aliphatic rings. The minimum absolute atomic E-state index is 0.0546. The number of nitro benzene ring substituents is 2. The Morgan fingerprint density at radius 2 is 1.21 bits per heavy atom. The van der Waals surface area contributed by atoms with E-state index in [2.05, 4.69) is 0 Å². The van der Waals surface area contributed by atoms with Crippen molar-refractivity contribution >= 4 is 11.4 Å². The highest BCUT2D eigenvalue weighted by molar-refractivity contribution is 5.60. The molecule has 4 aliphatic carbocycles. The molecule has 0 atom stereocenters. The SMILES string of the molecule is CCOc1cccc(C23CC4CC(C2)CC(c2cccc(OCC)c2[N+](=O)[O-])(C4)C3)c1[N+](=O)[O-]. The van der Waals surface area contributed by atoms with Crippen molar-refractivity contribution < 1.29 is 19.3 Å². The highest BCUT2D eigenvalue weighted by Gasteiger charge is 2.61. The first-order chi connectivity index (χ1) is 16.3. The molecule has 0 spiro atoms. The van der Waals surface area contributed by atoms with Crippen LogP contribution in [0, 0.1) is 32.1 Å². The van der Waals surface area contributed by atoms with Gasteiger partial charge in [0.1, 0.15) is 0 Å². The fourth-order valence-electron chi connectivity index (χ4n) is 7.71. The molecular weight excluding hydrogens is 436 g/mol. The molecule has 0 N–H and O–H groups in total. The Bertz CT molecular complexity index is 1050.